The number of aliphatic carboxylic acids is 1. The van der Waals surface area contributed by atoms with E-state index in [1.165, 1.54) is 37.5 Å². The quantitative estimate of drug-likeness (QED) is 0.409. The maximum atomic E-state index is 12.7. The van der Waals surface area contributed by atoms with E-state index in [0.717, 1.165) is 4.90 Å². The van der Waals surface area contributed by atoms with Crippen LogP contribution in [0.1, 0.15) is 15.9 Å². The maximum absolute atomic E-state index is 12.7. The molecule has 12 heteroatoms. The minimum absolute atomic E-state index is 0.0415. The Morgan fingerprint density at radius 2 is 1.91 bits per heavy atom. The van der Waals surface area contributed by atoms with Gasteiger partial charge in [0.1, 0.15) is 12.3 Å². The molecule has 1 fully saturated rings. The molecule has 2 aromatic rings. The van der Waals surface area contributed by atoms with Crippen molar-refractivity contribution in [2.24, 2.45) is 0 Å². The van der Waals surface area contributed by atoms with Gasteiger partial charge in [-0.2, -0.15) is 0 Å². The van der Waals surface area contributed by atoms with Crippen molar-refractivity contribution in [2.45, 2.75) is 0 Å². The normalized spacial score (nSPS) is 14.3. The minimum Gasteiger partial charge on any atom is -0.481 e. The molecule has 2 aromatic carbocycles. The standard InChI is InChI=1S/C22H17ClN2O8S/c1-32-21(30)14-9-13(6-7-15(14)23)24-18(26)10-25-20(29)17(34-22(25)31)8-12-4-2-3-5-16(12)33-11-19(27)28/h2-9H,10-11H2,1H3,(H,24,26)(H,27,28)/b17-8+. The number of anilines is 1. The summed E-state index contributed by atoms with van der Waals surface area (Å²) in [5.41, 5.74) is 0.664. The van der Waals surface area contributed by atoms with E-state index in [1.54, 1.807) is 18.2 Å². The van der Waals surface area contributed by atoms with Gasteiger partial charge in [-0.1, -0.05) is 29.8 Å². The van der Waals surface area contributed by atoms with Crippen LogP contribution in [0.5, 0.6) is 5.75 Å². The zero-order valence-electron chi connectivity index (χ0n) is 17.6. The van der Waals surface area contributed by atoms with Crippen LogP contribution in [0, 0.1) is 0 Å². The van der Waals surface area contributed by atoms with Crippen molar-refractivity contribution in [1.82, 2.24) is 4.90 Å². The summed E-state index contributed by atoms with van der Waals surface area (Å²) in [4.78, 5) is 60.9. The van der Waals surface area contributed by atoms with E-state index in [4.69, 9.17) is 21.4 Å². The number of ether oxygens (including phenoxy) is 2. The highest BCUT2D eigenvalue weighted by molar-refractivity contribution is 8.18. The number of carboxylic acid groups (broad SMARTS) is 1. The van der Waals surface area contributed by atoms with Crippen LogP contribution in [-0.2, 0) is 19.1 Å². The average Bonchev–Trinajstić information content (AvgIpc) is 3.06. The first-order valence-corrected chi connectivity index (χ1v) is 10.8. The van der Waals surface area contributed by atoms with Crippen molar-refractivity contribution >= 4 is 64.1 Å². The molecular weight excluding hydrogens is 488 g/mol. The van der Waals surface area contributed by atoms with Crippen LogP contribution in [0.4, 0.5) is 10.5 Å². The molecule has 34 heavy (non-hydrogen) atoms. The lowest BCUT2D eigenvalue weighted by atomic mass is 10.2. The van der Waals surface area contributed by atoms with Crippen molar-refractivity contribution in [2.75, 3.05) is 25.6 Å². The van der Waals surface area contributed by atoms with Gasteiger partial charge in [0.15, 0.2) is 6.61 Å². The molecule has 0 unspecified atom stereocenters. The lowest BCUT2D eigenvalue weighted by Crippen LogP contribution is -2.36. The third kappa shape index (κ3) is 5.94. The average molecular weight is 505 g/mol. The van der Waals surface area contributed by atoms with Crippen LogP contribution in [-0.4, -0.2) is 59.3 Å². The number of benzene rings is 2. The number of hydrogen-bond acceptors (Lipinski definition) is 8. The third-order valence-corrected chi connectivity index (χ3v) is 5.62. The molecule has 0 saturated carbocycles. The first-order chi connectivity index (χ1) is 16.2. The first-order valence-electron chi connectivity index (χ1n) is 9.56. The molecule has 1 saturated heterocycles. The molecule has 3 rings (SSSR count). The summed E-state index contributed by atoms with van der Waals surface area (Å²) in [6.45, 7) is -1.13. The second-order valence-electron chi connectivity index (χ2n) is 6.72. The summed E-state index contributed by atoms with van der Waals surface area (Å²) in [7, 11) is 1.19. The van der Waals surface area contributed by atoms with E-state index in [1.807, 2.05) is 0 Å². The maximum Gasteiger partial charge on any atom is 0.341 e. The summed E-state index contributed by atoms with van der Waals surface area (Å²) >= 11 is 6.59. The Balaban J connectivity index is 1.72. The number of methoxy groups -OCH3 is 1. The van der Waals surface area contributed by atoms with Gasteiger partial charge in [-0.05, 0) is 42.1 Å². The lowest BCUT2D eigenvalue weighted by molar-refractivity contribution is -0.139. The number of halogens is 1. The second-order valence-corrected chi connectivity index (χ2v) is 8.12. The van der Waals surface area contributed by atoms with Crippen molar-refractivity contribution in [1.29, 1.82) is 0 Å². The summed E-state index contributed by atoms with van der Waals surface area (Å²) in [5, 5.41) is 10.8. The van der Waals surface area contributed by atoms with Crippen molar-refractivity contribution in [3.05, 3.63) is 63.5 Å². The number of rotatable bonds is 8. The van der Waals surface area contributed by atoms with Crippen LogP contribution >= 0.6 is 23.4 Å². The highest BCUT2D eigenvalue weighted by Crippen LogP contribution is 2.34. The van der Waals surface area contributed by atoms with Gasteiger partial charge >= 0.3 is 11.9 Å². The smallest absolute Gasteiger partial charge is 0.341 e. The SMILES string of the molecule is COC(=O)c1cc(NC(=O)CN2C(=O)S/C(=C/c3ccccc3OCC(=O)O)C2=O)ccc1Cl. The number of thioether (sulfide) groups is 1. The summed E-state index contributed by atoms with van der Waals surface area (Å²) in [6, 6.07) is 10.6. The number of nitrogens with zero attached hydrogens (tertiary/aromatic N) is 1. The fourth-order valence-electron chi connectivity index (χ4n) is 2.86. The van der Waals surface area contributed by atoms with Gasteiger partial charge in [-0.15, -0.1) is 0 Å². The van der Waals surface area contributed by atoms with Crippen LogP contribution in [0.3, 0.4) is 0 Å². The number of hydrogen-bond donors (Lipinski definition) is 2. The number of amides is 3. The molecule has 2 N–H and O–H groups in total. The molecule has 10 nitrogen and oxygen atoms in total. The fraction of sp³-hybridized carbons (Fsp3) is 0.136. The Labute approximate surface area is 202 Å². The number of esters is 1. The molecule has 0 spiro atoms. The Bertz CT molecular complexity index is 1210. The fourth-order valence-corrected chi connectivity index (χ4v) is 3.89. The highest BCUT2D eigenvalue weighted by Gasteiger charge is 2.36. The highest BCUT2D eigenvalue weighted by atomic mass is 35.5. The number of nitrogens with one attached hydrogen (secondary N) is 1. The van der Waals surface area contributed by atoms with Gasteiger partial charge in [0.2, 0.25) is 5.91 Å². The summed E-state index contributed by atoms with van der Waals surface area (Å²) < 4.78 is 9.83. The minimum atomic E-state index is -1.17. The number of carbonyl (C=O) groups is 5. The third-order valence-electron chi connectivity index (χ3n) is 4.39. The lowest BCUT2D eigenvalue weighted by Gasteiger charge is -2.13. The van der Waals surface area contributed by atoms with E-state index in [0.29, 0.717) is 17.3 Å². The van der Waals surface area contributed by atoms with Crippen molar-refractivity contribution in [3.63, 3.8) is 0 Å². The van der Waals surface area contributed by atoms with Gasteiger partial charge in [-0.3, -0.25) is 19.3 Å². The zero-order chi connectivity index (χ0) is 24.8. The molecule has 0 radical (unpaired) electrons. The molecule has 0 atom stereocenters. The van der Waals surface area contributed by atoms with Crippen molar-refractivity contribution < 1.29 is 38.6 Å². The number of imide groups is 1. The molecular formula is C22H17ClN2O8S. The molecule has 0 aromatic heterocycles. The van der Waals surface area contributed by atoms with E-state index >= 15 is 0 Å². The molecule has 176 valence electrons. The zero-order valence-corrected chi connectivity index (χ0v) is 19.1. The predicted molar refractivity (Wildman–Crippen MR) is 124 cm³/mol. The molecule has 0 bridgehead atoms. The number of carbonyl (C=O) groups excluding carboxylic acids is 4. The Hall–Kier alpha value is -3.83. The van der Waals surface area contributed by atoms with Gasteiger partial charge in [0, 0.05) is 11.3 Å². The Morgan fingerprint density at radius 3 is 2.62 bits per heavy atom. The monoisotopic (exact) mass is 504 g/mol. The van der Waals surface area contributed by atoms with Gasteiger partial charge in [0.05, 0.1) is 22.6 Å². The Kier molecular flexibility index (Phi) is 7.92. The first kappa shape index (κ1) is 24.8. The van der Waals surface area contributed by atoms with E-state index in [-0.39, 0.29) is 26.9 Å². The van der Waals surface area contributed by atoms with Gasteiger partial charge in [0.25, 0.3) is 11.1 Å². The Morgan fingerprint density at radius 1 is 1.18 bits per heavy atom. The number of carboxylic acids is 1. The molecule has 0 aliphatic carbocycles. The summed E-state index contributed by atoms with van der Waals surface area (Å²) in [5.74, 6) is -3.00. The van der Waals surface area contributed by atoms with Gasteiger partial charge in [-0.25, -0.2) is 9.59 Å². The van der Waals surface area contributed by atoms with Crippen molar-refractivity contribution in [3.8, 4) is 5.75 Å². The van der Waals surface area contributed by atoms with Crippen LogP contribution < -0.4 is 10.1 Å². The van der Waals surface area contributed by atoms with Gasteiger partial charge < -0.3 is 19.9 Å². The van der Waals surface area contributed by atoms with Crippen LogP contribution in [0.2, 0.25) is 5.02 Å². The molecule has 3 amide bonds. The molecule has 1 heterocycles. The molecule has 1 aliphatic rings. The predicted octanol–water partition coefficient (Wildman–Crippen LogP) is 3.27. The van der Waals surface area contributed by atoms with E-state index in [9.17, 15) is 24.0 Å². The second kappa shape index (κ2) is 10.9. The summed E-state index contributed by atoms with van der Waals surface area (Å²) in [6.07, 6.45) is 1.39. The van der Waals surface area contributed by atoms with Crippen LogP contribution in [0.15, 0.2) is 47.4 Å². The van der Waals surface area contributed by atoms with E-state index in [2.05, 4.69) is 10.1 Å². The largest absolute Gasteiger partial charge is 0.481 e. The molecule has 1 aliphatic heterocycles. The number of para-hydroxylation sites is 1. The van der Waals surface area contributed by atoms with Crippen LogP contribution in [0.25, 0.3) is 6.08 Å². The topological polar surface area (TPSA) is 139 Å². The van der Waals surface area contributed by atoms with E-state index < -0.39 is 42.1 Å².